The van der Waals surface area contributed by atoms with Crippen LogP contribution < -0.4 is 0 Å². The average molecular weight is 249 g/mol. The summed E-state index contributed by atoms with van der Waals surface area (Å²) in [5.41, 5.74) is 2.30. The van der Waals surface area contributed by atoms with E-state index in [2.05, 4.69) is 24.0 Å². The van der Waals surface area contributed by atoms with E-state index >= 15 is 0 Å². The van der Waals surface area contributed by atoms with Gasteiger partial charge in [-0.25, -0.2) is 0 Å². The molecule has 1 aliphatic heterocycles. The average Bonchev–Trinajstić information content (AvgIpc) is 2.85. The van der Waals surface area contributed by atoms with E-state index in [1.54, 1.807) is 0 Å². The molecule has 3 heteroatoms. The summed E-state index contributed by atoms with van der Waals surface area (Å²) in [6, 6.07) is 8.23. The Morgan fingerprint density at radius 1 is 1.28 bits per heavy atom. The molecule has 0 spiro atoms. The topological polar surface area (TPSA) is 32.7 Å². The minimum Gasteiger partial charge on any atom is -0.392 e. The van der Waals surface area contributed by atoms with Crippen LogP contribution in [0.1, 0.15) is 24.5 Å². The minimum atomic E-state index is 0.125. The molecule has 0 radical (unpaired) electrons. The van der Waals surface area contributed by atoms with Gasteiger partial charge in [0.2, 0.25) is 0 Å². The molecular formula is C15H23NO2. The normalized spacial score (nSPS) is 20.4. The van der Waals surface area contributed by atoms with Gasteiger partial charge in [-0.1, -0.05) is 24.3 Å². The lowest BCUT2D eigenvalue weighted by molar-refractivity contribution is 0.111. The van der Waals surface area contributed by atoms with Crippen molar-refractivity contribution >= 4 is 0 Å². The van der Waals surface area contributed by atoms with Gasteiger partial charge in [0.05, 0.1) is 13.2 Å². The van der Waals surface area contributed by atoms with Crippen LogP contribution in [-0.4, -0.2) is 36.3 Å². The zero-order chi connectivity index (χ0) is 12.8. The molecule has 0 aromatic heterocycles. The van der Waals surface area contributed by atoms with Gasteiger partial charge in [-0.05, 0) is 36.9 Å². The second-order valence-corrected chi connectivity index (χ2v) is 5.02. The van der Waals surface area contributed by atoms with Crippen LogP contribution in [0.5, 0.6) is 0 Å². The zero-order valence-electron chi connectivity index (χ0n) is 11.1. The fourth-order valence-electron chi connectivity index (χ4n) is 2.49. The lowest BCUT2D eigenvalue weighted by Crippen LogP contribution is -2.21. The van der Waals surface area contributed by atoms with Gasteiger partial charge in [-0.15, -0.1) is 0 Å². The molecule has 0 aliphatic carbocycles. The van der Waals surface area contributed by atoms with Crippen LogP contribution in [-0.2, 0) is 17.9 Å². The van der Waals surface area contributed by atoms with Gasteiger partial charge in [0, 0.05) is 19.7 Å². The van der Waals surface area contributed by atoms with Crippen molar-refractivity contribution < 1.29 is 9.84 Å². The van der Waals surface area contributed by atoms with Crippen LogP contribution in [0.25, 0.3) is 0 Å². The van der Waals surface area contributed by atoms with E-state index in [1.165, 1.54) is 18.5 Å². The monoisotopic (exact) mass is 249 g/mol. The molecular weight excluding hydrogens is 226 g/mol. The van der Waals surface area contributed by atoms with Crippen LogP contribution in [0, 0.1) is 5.92 Å². The van der Waals surface area contributed by atoms with Crippen molar-refractivity contribution in [3.63, 3.8) is 0 Å². The van der Waals surface area contributed by atoms with E-state index in [0.29, 0.717) is 5.92 Å². The lowest BCUT2D eigenvalue weighted by Gasteiger charge is -2.16. The standard InChI is InChI=1S/C15H23NO2/c1-2-18-12-15-7-8-16(10-15)9-13-3-5-14(11-17)6-4-13/h3-6,15,17H,2,7-12H2,1H3. The van der Waals surface area contributed by atoms with E-state index in [-0.39, 0.29) is 6.61 Å². The van der Waals surface area contributed by atoms with E-state index in [4.69, 9.17) is 9.84 Å². The summed E-state index contributed by atoms with van der Waals surface area (Å²) in [6.45, 7) is 7.21. The first-order valence-corrected chi connectivity index (χ1v) is 6.80. The summed E-state index contributed by atoms with van der Waals surface area (Å²) in [5.74, 6) is 0.696. The molecule has 1 atom stereocenters. The number of rotatable bonds is 6. The van der Waals surface area contributed by atoms with Crippen molar-refractivity contribution in [1.82, 2.24) is 4.90 Å². The summed E-state index contributed by atoms with van der Waals surface area (Å²) < 4.78 is 5.49. The lowest BCUT2D eigenvalue weighted by atomic mass is 10.1. The Morgan fingerprint density at radius 2 is 2.00 bits per heavy atom. The quantitative estimate of drug-likeness (QED) is 0.837. The van der Waals surface area contributed by atoms with Crippen molar-refractivity contribution in [1.29, 1.82) is 0 Å². The van der Waals surface area contributed by atoms with Crippen LogP contribution >= 0.6 is 0 Å². The number of likely N-dealkylation sites (tertiary alicyclic amines) is 1. The summed E-state index contributed by atoms with van der Waals surface area (Å²) >= 11 is 0. The molecule has 2 rings (SSSR count). The number of benzene rings is 1. The Labute approximate surface area is 109 Å². The van der Waals surface area contributed by atoms with Gasteiger partial charge in [-0.3, -0.25) is 4.90 Å². The third kappa shape index (κ3) is 3.80. The number of hydrogen-bond acceptors (Lipinski definition) is 3. The summed E-state index contributed by atoms with van der Waals surface area (Å²) in [5, 5.41) is 9.01. The fraction of sp³-hybridized carbons (Fsp3) is 0.600. The first kappa shape index (κ1) is 13.5. The third-order valence-corrected chi connectivity index (χ3v) is 3.54. The van der Waals surface area contributed by atoms with Gasteiger partial charge < -0.3 is 9.84 Å². The molecule has 0 amide bonds. The van der Waals surface area contributed by atoms with Crippen molar-refractivity contribution in [3.8, 4) is 0 Å². The Balaban J connectivity index is 1.79. The summed E-state index contributed by atoms with van der Waals surface area (Å²) in [7, 11) is 0. The van der Waals surface area contributed by atoms with Gasteiger partial charge in [0.15, 0.2) is 0 Å². The Hall–Kier alpha value is -0.900. The molecule has 100 valence electrons. The highest BCUT2D eigenvalue weighted by Gasteiger charge is 2.22. The molecule has 1 N–H and O–H groups in total. The number of aliphatic hydroxyl groups is 1. The van der Waals surface area contributed by atoms with Crippen LogP contribution in [0.4, 0.5) is 0 Å². The SMILES string of the molecule is CCOCC1CCN(Cc2ccc(CO)cc2)C1. The highest BCUT2D eigenvalue weighted by Crippen LogP contribution is 2.19. The van der Waals surface area contributed by atoms with Crippen LogP contribution in [0.3, 0.4) is 0 Å². The van der Waals surface area contributed by atoms with Crippen molar-refractivity contribution in [2.75, 3.05) is 26.3 Å². The maximum absolute atomic E-state index is 9.01. The molecule has 1 unspecified atom stereocenters. The van der Waals surface area contributed by atoms with Crippen molar-refractivity contribution in [3.05, 3.63) is 35.4 Å². The summed E-state index contributed by atoms with van der Waals surface area (Å²) in [6.07, 6.45) is 1.24. The second kappa shape index (κ2) is 6.88. The first-order chi connectivity index (χ1) is 8.81. The van der Waals surface area contributed by atoms with E-state index in [1.807, 2.05) is 12.1 Å². The highest BCUT2D eigenvalue weighted by atomic mass is 16.5. The third-order valence-electron chi connectivity index (χ3n) is 3.54. The molecule has 1 fully saturated rings. The van der Waals surface area contributed by atoms with Gasteiger partial charge >= 0.3 is 0 Å². The Morgan fingerprint density at radius 3 is 2.67 bits per heavy atom. The van der Waals surface area contributed by atoms with E-state index < -0.39 is 0 Å². The largest absolute Gasteiger partial charge is 0.392 e. The van der Waals surface area contributed by atoms with Gasteiger partial charge in [0.1, 0.15) is 0 Å². The van der Waals surface area contributed by atoms with Crippen LogP contribution in [0.2, 0.25) is 0 Å². The number of hydrogen-bond donors (Lipinski definition) is 1. The molecule has 0 saturated carbocycles. The van der Waals surface area contributed by atoms with Crippen molar-refractivity contribution in [2.24, 2.45) is 5.92 Å². The van der Waals surface area contributed by atoms with Crippen molar-refractivity contribution in [2.45, 2.75) is 26.5 Å². The molecule has 1 aromatic rings. The minimum absolute atomic E-state index is 0.125. The van der Waals surface area contributed by atoms with E-state index in [0.717, 1.165) is 31.9 Å². The predicted molar refractivity (Wildman–Crippen MR) is 72.2 cm³/mol. The second-order valence-electron chi connectivity index (χ2n) is 5.02. The smallest absolute Gasteiger partial charge is 0.0681 e. The molecule has 1 aromatic carbocycles. The van der Waals surface area contributed by atoms with Gasteiger partial charge in [-0.2, -0.15) is 0 Å². The first-order valence-electron chi connectivity index (χ1n) is 6.80. The molecule has 18 heavy (non-hydrogen) atoms. The molecule has 0 bridgehead atoms. The number of aliphatic hydroxyl groups excluding tert-OH is 1. The van der Waals surface area contributed by atoms with Crippen LogP contribution in [0.15, 0.2) is 24.3 Å². The summed E-state index contributed by atoms with van der Waals surface area (Å²) in [4.78, 5) is 2.48. The molecule has 1 saturated heterocycles. The number of ether oxygens (including phenoxy) is 1. The molecule has 1 heterocycles. The molecule has 1 aliphatic rings. The van der Waals surface area contributed by atoms with Gasteiger partial charge in [0.25, 0.3) is 0 Å². The molecule has 3 nitrogen and oxygen atoms in total. The zero-order valence-corrected chi connectivity index (χ0v) is 11.1. The highest BCUT2D eigenvalue weighted by molar-refractivity contribution is 5.21. The Bertz CT molecular complexity index is 350. The number of nitrogens with zero attached hydrogens (tertiary/aromatic N) is 1. The predicted octanol–water partition coefficient (Wildman–Crippen LogP) is 2.04. The maximum atomic E-state index is 9.01. The fourth-order valence-corrected chi connectivity index (χ4v) is 2.49. The van der Waals surface area contributed by atoms with E-state index in [9.17, 15) is 0 Å². The Kier molecular flexibility index (Phi) is 5.17. The maximum Gasteiger partial charge on any atom is 0.0681 e.